The van der Waals surface area contributed by atoms with Crippen molar-refractivity contribution in [3.63, 3.8) is 0 Å². The first-order chi connectivity index (χ1) is 8.03. The van der Waals surface area contributed by atoms with Gasteiger partial charge in [-0.25, -0.2) is 0 Å². The second-order valence-electron chi connectivity index (χ2n) is 8.23. The predicted molar refractivity (Wildman–Crippen MR) is 86.1 cm³/mol. The molecule has 0 radical (unpaired) electrons. The van der Waals surface area contributed by atoms with Crippen LogP contribution in [0, 0.1) is 5.92 Å². The highest BCUT2D eigenvalue weighted by molar-refractivity contribution is 7.61. The highest BCUT2D eigenvalue weighted by atomic mass is 31.1. The number of hydrogen-bond donors (Lipinski definition) is 0. The Kier molecular flexibility index (Phi) is 5.30. The molecule has 0 bridgehead atoms. The summed E-state index contributed by atoms with van der Waals surface area (Å²) in [5, 5.41) is 0.959. The second kappa shape index (κ2) is 5.80. The molecule has 1 aliphatic rings. The summed E-state index contributed by atoms with van der Waals surface area (Å²) in [5.41, 5.74) is 0.974. The first kappa shape index (κ1) is 16.4. The third-order valence-corrected chi connectivity index (χ3v) is 8.23. The van der Waals surface area contributed by atoms with Gasteiger partial charge in [0.15, 0.2) is 0 Å². The van der Waals surface area contributed by atoms with Crippen LogP contribution in [0.3, 0.4) is 0 Å². The summed E-state index contributed by atoms with van der Waals surface area (Å²) in [6.07, 6.45) is 4.38. The van der Waals surface area contributed by atoms with Gasteiger partial charge in [-0.1, -0.05) is 55.9 Å². The third kappa shape index (κ3) is 4.20. The van der Waals surface area contributed by atoms with Gasteiger partial charge in [0, 0.05) is 6.54 Å². The molecule has 1 fully saturated rings. The van der Waals surface area contributed by atoms with Gasteiger partial charge in [0.25, 0.3) is 0 Å². The van der Waals surface area contributed by atoms with Crippen LogP contribution in [-0.4, -0.2) is 41.5 Å². The normalized spacial score (nSPS) is 26.3. The Morgan fingerprint density at radius 1 is 0.944 bits per heavy atom. The van der Waals surface area contributed by atoms with E-state index in [1.165, 1.54) is 25.8 Å². The van der Waals surface area contributed by atoms with Crippen molar-refractivity contribution < 1.29 is 0 Å². The molecule has 2 heteroatoms. The minimum atomic E-state index is 0.0595. The van der Waals surface area contributed by atoms with Crippen LogP contribution in [0.4, 0.5) is 0 Å². The van der Waals surface area contributed by atoms with Crippen LogP contribution in [0.25, 0.3) is 0 Å². The predicted octanol–water partition coefficient (Wildman–Crippen LogP) is 4.80. The van der Waals surface area contributed by atoms with Gasteiger partial charge in [-0.3, -0.25) is 0 Å². The van der Waals surface area contributed by atoms with E-state index in [0.717, 1.165) is 11.6 Å². The van der Waals surface area contributed by atoms with Gasteiger partial charge < -0.3 is 4.90 Å². The van der Waals surface area contributed by atoms with E-state index >= 15 is 0 Å². The minimum absolute atomic E-state index is 0.0595. The van der Waals surface area contributed by atoms with E-state index in [9.17, 15) is 0 Å². The van der Waals surface area contributed by atoms with Gasteiger partial charge in [-0.2, -0.15) is 0 Å². The lowest BCUT2D eigenvalue weighted by Gasteiger charge is -2.47. The molecule has 1 rings (SSSR count). The third-order valence-electron chi connectivity index (χ3n) is 4.00. The highest BCUT2D eigenvalue weighted by Crippen LogP contribution is 2.66. The Morgan fingerprint density at radius 3 is 1.83 bits per heavy atom. The Bertz CT molecular complexity index is 245. The van der Waals surface area contributed by atoms with Gasteiger partial charge in [-0.05, 0) is 48.8 Å². The molecule has 0 N–H and O–H groups in total. The molecule has 1 nitrogen and oxygen atoms in total. The van der Waals surface area contributed by atoms with Crippen LogP contribution < -0.4 is 0 Å². The summed E-state index contributed by atoms with van der Waals surface area (Å²) in [6.45, 7) is 16.1. The van der Waals surface area contributed by atoms with E-state index in [1.807, 2.05) is 0 Å². The fraction of sp³-hybridized carbons (Fsp3) is 1.00. The molecule has 2 atom stereocenters. The zero-order chi connectivity index (χ0) is 14.1. The molecule has 0 aromatic heterocycles. The van der Waals surface area contributed by atoms with Gasteiger partial charge >= 0.3 is 0 Å². The first-order valence-corrected chi connectivity index (χ1v) is 8.88. The van der Waals surface area contributed by atoms with E-state index in [0.29, 0.717) is 10.3 Å². The molecule has 1 saturated carbocycles. The maximum absolute atomic E-state index is 2.47. The zero-order valence-electron chi connectivity index (χ0n) is 13.9. The van der Waals surface area contributed by atoms with Crippen molar-refractivity contribution in [1.29, 1.82) is 0 Å². The first-order valence-electron chi connectivity index (χ1n) is 7.47. The van der Waals surface area contributed by atoms with Crippen LogP contribution in [0.15, 0.2) is 0 Å². The molecule has 2 unspecified atom stereocenters. The molecule has 0 aromatic carbocycles. The van der Waals surface area contributed by atoms with E-state index in [4.69, 9.17) is 0 Å². The van der Waals surface area contributed by atoms with E-state index in [-0.39, 0.29) is 7.92 Å². The van der Waals surface area contributed by atoms with E-state index in [2.05, 4.69) is 60.5 Å². The SMILES string of the molecule is CN(C)CC1CCCC1P(C(C)(C)C)C(C)(C)C. The highest BCUT2D eigenvalue weighted by Gasteiger charge is 2.44. The van der Waals surface area contributed by atoms with Gasteiger partial charge in [0.2, 0.25) is 0 Å². The lowest BCUT2D eigenvalue weighted by molar-refractivity contribution is 0.329. The maximum atomic E-state index is 2.47. The topological polar surface area (TPSA) is 3.24 Å². The van der Waals surface area contributed by atoms with Crippen molar-refractivity contribution in [2.75, 3.05) is 20.6 Å². The van der Waals surface area contributed by atoms with Gasteiger partial charge in [0.1, 0.15) is 0 Å². The summed E-state index contributed by atoms with van der Waals surface area (Å²) < 4.78 is 0. The molecule has 0 heterocycles. The average Bonchev–Trinajstić information content (AvgIpc) is 2.46. The van der Waals surface area contributed by atoms with Crippen LogP contribution in [-0.2, 0) is 0 Å². The lowest BCUT2D eigenvalue weighted by Crippen LogP contribution is -2.36. The molecule has 0 aliphatic heterocycles. The summed E-state index contributed by atoms with van der Waals surface area (Å²) in [7, 11) is 4.52. The molecule has 0 amide bonds. The molecule has 0 spiro atoms. The summed E-state index contributed by atoms with van der Waals surface area (Å²) in [5.74, 6) is 0.935. The van der Waals surface area contributed by atoms with Crippen molar-refractivity contribution in [3.8, 4) is 0 Å². The minimum Gasteiger partial charge on any atom is -0.309 e. The number of nitrogens with zero attached hydrogens (tertiary/aromatic N) is 1. The molecule has 108 valence electrons. The second-order valence-corrected chi connectivity index (χ2v) is 12.3. The molecular weight excluding hydrogens is 237 g/mol. The maximum Gasteiger partial charge on any atom is 0.000960 e. The quantitative estimate of drug-likeness (QED) is 0.667. The fourth-order valence-electron chi connectivity index (χ4n) is 4.04. The fourth-order valence-corrected chi connectivity index (χ4v) is 9.15. The molecule has 1 aliphatic carbocycles. The van der Waals surface area contributed by atoms with E-state index < -0.39 is 0 Å². The summed E-state index contributed by atoms with van der Waals surface area (Å²) in [6, 6.07) is 0. The Hall–Kier alpha value is 0.390. The monoisotopic (exact) mass is 271 g/mol. The summed E-state index contributed by atoms with van der Waals surface area (Å²) >= 11 is 0. The Morgan fingerprint density at radius 2 is 1.44 bits per heavy atom. The van der Waals surface area contributed by atoms with Crippen molar-refractivity contribution in [2.45, 2.75) is 76.8 Å². The summed E-state index contributed by atoms with van der Waals surface area (Å²) in [4.78, 5) is 2.39. The van der Waals surface area contributed by atoms with Crippen LogP contribution in [0.2, 0.25) is 0 Å². The number of hydrogen-bond acceptors (Lipinski definition) is 1. The number of rotatable bonds is 3. The zero-order valence-corrected chi connectivity index (χ0v) is 14.8. The van der Waals surface area contributed by atoms with Gasteiger partial charge in [-0.15, -0.1) is 0 Å². The van der Waals surface area contributed by atoms with Crippen LogP contribution in [0.5, 0.6) is 0 Å². The standard InChI is InChI=1S/C16H34NP/c1-15(2,3)18(16(4,5)6)14-11-9-10-13(14)12-17(7)8/h13-14H,9-12H2,1-8H3. The van der Waals surface area contributed by atoms with Crippen molar-refractivity contribution in [1.82, 2.24) is 4.90 Å². The molecule has 0 aromatic rings. The molecule has 0 saturated heterocycles. The molecular formula is C16H34NP. The largest absolute Gasteiger partial charge is 0.309 e. The Balaban J connectivity index is 2.92. The van der Waals surface area contributed by atoms with E-state index in [1.54, 1.807) is 0 Å². The van der Waals surface area contributed by atoms with Gasteiger partial charge in [0.05, 0.1) is 0 Å². The molecule has 18 heavy (non-hydrogen) atoms. The van der Waals surface area contributed by atoms with Crippen LogP contribution in [0.1, 0.15) is 60.8 Å². The van der Waals surface area contributed by atoms with Crippen LogP contribution >= 0.6 is 7.92 Å². The van der Waals surface area contributed by atoms with Crippen molar-refractivity contribution >= 4 is 7.92 Å². The van der Waals surface area contributed by atoms with Crippen molar-refractivity contribution in [2.24, 2.45) is 5.92 Å². The Labute approximate surface area is 116 Å². The smallest absolute Gasteiger partial charge is 0.000960 e. The van der Waals surface area contributed by atoms with Crippen molar-refractivity contribution in [3.05, 3.63) is 0 Å². The average molecular weight is 271 g/mol. The lowest BCUT2D eigenvalue weighted by atomic mass is 10.1.